The third kappa shape index (κ3) is 3.90. The molecule has 6 nitrogen and oxygen atoms in total. The van der Waals surface area contributed by atoms with E-state index < -0.39 is 18.3 Å². The predicted molar refractivity (Wildman–Crippen MR) is 90.2 cm³/mol. The summed E-state index contributed by atoms with van der Waals surface area (Å²) in [6, 6.07) is 7.46. The van der Waals surface area contributed by atoms with Crippen molar-refractivity contribution in [3.63, 3.8) is 0 Å². The Kier molecular flexibility index (Phi) is 5.89. The SMILES string of the molecule is COCCOCOc1c(C#N)cccc1B1OC(C)(C)C(C)(C)O1. The maximum absolute atomic E-state index is 9.36. The molecule has 0 unspecified atom stereocenters. The summed E-state index contributed by atoms with van der Waals surface area (Å²) in [5, 5.41) is 9.36. The highest BCUT2D eigenvalue weighted by Crippen LogP contribution is 2.37. The van der Waals surface area contributed by atoms with Crippen molar-refractivity contribution in [2.45, 2.75) is 38.9 Å². The van der Waals surface area contributed by atoms with Gasteiger partial charge in [0, 0.05) is 12.6 Å². The number of rotatable bonds is 7. The van der Waals surface area contributed by atoms with Crippen LogP contribution < -0.4 is 10.2 Å². The zero-order valence-corrected chi connectivity index (χ0v) is 14.9. The van der Waals surface area contributed by atoms with Crippen molar-refractivity contribution in [2.75, 3.05) is 27.1 Å². The average Bonchev–Trinajstić information content (AvgIpc) is 2.75. The van der Waals surface area contributed by atoms with Gasteiger partial charge in [-0.25, -0.2) is 0 Å². The summed E-state index contributed by atoms with van der Waals surface area (Å²) in [5.41, 5.74) is 0.166. The molecule has 1 aliphatic rings. The average molecular weight is 333 g/mol. The van der Waals surface area contributed by atoms with Crippen LogP contribution in [-0.4, -0.2) is 45.4 Å². The number of hydrogen-bond donors (Lipinski definition) is 0. The fourth-order valence-corrected chi connectivity index (χ4v) is 2.26. The first-order valence-electron chi connectivity index (χ1n) is 7.90. The number of methoxy groups -OCH3 is 1. The summed E-state index contributed by atoms with van der Waals surface area (Å²) >= 11 is 0. The minimum atomic E-state index is -0.600. The maximum atomic E-state index is 9.36. The van der Waals surface area contributed by atoms with E-state index in [0.29, 0.717) is 30.0 Å². The molecule has 1 aromatic carbocycles. The van der Waals surface area contributed by atoms with Crippen molar-refractivity contribution in [1.82, 2.24) is 0 Å². The van der Waals surface area contributed by atoms with E-state index in [1.165, 1.54) is 0 Å². The van der Waals surface area contributed by atoms with E-state index in [1.807, 2.05) is 33.8 Å². The van der Waals surface area contributed by atoms with Crippen LogP contribution in [-0.2, 0) is 18.8 Å². The number of nitriles is 1. The lowest BCUT2D eigenvalue weighted by Crippen LogP contribution is -2.41. The highest BCUT2D eigenvalue weighted by Gasteiger charge is 2.52. The van der Waals surface area contributed by atoms with Crippen LogP contribution in [0.4, 0.5) is 0 Å². The molecule has 2 rings (SSSR count). The second kappa shape index (κ2) is 7.54. The first-order chi connectivity index (χ1) is 11.3. The number of para-hydroxylation sites is 1. The Morgan fingerprint density at radius 2 is 1.79 bits per heavy atom. The van der Waals surface area contributed by atoms with Gasteiger partial charge in [-0.2, -0.15) is 5.26 Å². The van der Waals surface area contributed by atoms with E-state index in [4.69, 9.17) is 23.5 Å². The fraction of sp³-hybridized carbons (Fsp3) is 0.588. The van der Waals surface area contributed by atoms with Gasteiger partial charge in [-0.1, -0.05) is 12.1 Å². The summed E-state index contributed by atoms with van der Waals surface area (Å²) in [6.07, 6.45) is 0. The number of benzene rings is 1. The van der Waals surface area contributed by atoms with E-state index in [1.54, 1.807) is 19.2 Å². The lowest BCUT2D eigenvalue weighted by Gasteiger charge is -2.32. The van der Waals surface area contributed by atoms with Crippen molar-refractivity contribution in [2.24, 2.45) is 0 Å². The minimum absolute atomic E-state index is 0.0224. The van der Waals surface area contributed by atoms with Crippen LogP contribution >= 0.6 is 0 Å². The predicted octanol–water partition coefficient (Wildman–Crippen LogP) is 1.86. The van der Waals surface area contributed by atoms with E-state index in [-0.39, 0.29) is 6.79 Å². The van der Waals surface area contributed by atoms with Crippen molar-refractivity contribution in [3.05, 3.63) is 23.8 Å². The Labute approximate surface area is 143 Å². The molecule has 1 aromatic rings. The van der Waals surface area contributed by atoms with Crippen molar-refractivity contribution in [3.8, 4) is 11.8 Å². The third-order valence-corrected chi connectivity index (χ3v) is 4.39. The molecule has 0 aromatic heterocycles. The molecule has 0 spiro atoms. The molecule has 0 amide bonds. The molecule has 24 heavy (non-hydrogen) atoms. The molecule has 1 aliphatic heterocycles. The van der Waals surface area contributed by atoms with Gasteiger partial charge in [-0.15, -0.1) is 0 Å². The molecule has 0 radical (unpaired) electrons. The molecule has 1 fully saturated rings. The summed E-state index contributed by atoms with van der Waals surface area (Å²) in [4.78, 5) is 0. The zero-order chi connectivity index (χ0) is 17.8. The van der Waals surface area contributed by atoms with E-state index in [9.17, 15) is 5.26 Å². The van der Waals surface area contributed by atoms with Gasteiger partial charge < -0.3 is 23.5 Å². The molecule has 0 aliphatic carbocycles. The molecule has 0 atom stereocenters. The van der Waals surface area contributed by atoms with E-state index in [0.717, 1.165) is 0 Å². The smallest absolute Gasteiger partial charge is 0.467 e. The third-order valence-electron chi connectivity index (χ3n) is 4.39. The molecular formula is C17H24BNO5. The van der Waals surface area contributed by atoms with Gasteiger partial charge in [0.25, 0.3) is 0 Å². The van der Waals surface area contributed by atoms with Gasteiger partial charge >= 0.3 is 7.12 Å². The largest absolute Gasteiger partial charge is 0.498 e. The Bertz CT molecular complexity index is 595. The Morgan fingerprint density at radius 3 is 2.38 bits per heavy atom. The molecule has 7 heteroatoms. The summed E-state index contributed by atoms with van der Waals surface area (Å²) in [5.74, 6) is 0.427. The van der Waals surface area contributed by atoms with Crippen LogP contribution in [0.15, 0.2) is 18.2 Å². The van der Waals surface area contributed by atoms with Crippen molar-refractivity contribution in [1.29, 1.82) is 5.26 Å². The van der Waals surface area contributed by atoms with Crippen LogP contribution in [0.2, 0.25) is 0 Å². The summed E-state index contributed by atoms with van der Waals surface area (Å²) in [7, 11) is 1.00. The van der Waals surface area contributed by atoms with Crippen LogP contribution in [0.1, 0.15) is 33.3 Å². The monoisotopic (exact) mass is 333 g/mol. The Morgan fingerprint density at radius 1 is 1.12 bits per heavy atom. The molecule has 0 N–H and O–H groups in total. The second-order valence-electron chi connectivity index (χ2n) is 6.59. The molecule has 130 valence electrons. The van der Waals surface area contributed by atoms with Gasteiger partial charge in [-0.05, 0) is 33.8 Å². The highest BCUT2D eigenvalue weighted by atomic mass is 16.7. The standard InChI is InChI=1S/C17H24BNO5/c1-16(2)17(3,4)24-18(23-16)14-8-6-7-13(11-19)15(14)22-12-21-10-9-20-5/h6-8H,9-10,12H2,1-5H3. The topological polar surface area (TPSA) is 69.9 Å². The van der Waals surface area contributed by atoms with Crippen LogP contribution in [0, 0.1) is 11.3 Å². The van der Waals surface area contributed by atoms with E-state index in [2.05, 4.69) is 6.07 Å². The van der Waals surface area contributed by atoms with Crippen LogP contribution in [0.3, 0.4) is 0 Å². The zero-order valence-electron chi connectivity index (χ0n) is 14.9. The fourth-order valence-electron chi connectivity index (χ4n) is 2.26. The Balaban J connectivity index is 2.20. The highest BCUT2D eigenvalue weighted by molar-refractivity contribution is 6.63. The normalized spacial score (nSPS) is 18.4. The van der Waals surface area contributed by atoms with Gasteiger partial charge in [0.15, 0.2) is 6.79 Å². The van der Waals surface area contributed by atoms with Gasteiger partial charge in [0.1, 0.15) is 11.8 Å². The van der Waals surface area contributed by atoms with Crippen molar-refractivity contribution >= 4 is 12.6 Å². The lowest BCUT2D eigenvalue weighted by molar-refractivity contribution is -0.00824. The van der Waals surface area contributed by atoms with E-state index >= 15 is 0 Å². The number of ether oxygens (including phenoxy) is 3. The number of nitrogens with zero attached hydrogens (tertiary/aromatic N) is 1. The summed E-state index contributed by atoms with van der Waals surface area (Å²) < 4.78 is 28.1. The molecular weight excluding hydrogens is 309 g/mol. The second-order valence-corrected chi connectivity index (χ2v) is 6.59. The Hall–Kier alpha value is -1.59. The first-order valence-corrected chi connectivity index (χ1v) is 7.90. The first kappa shape index (κ1) is 18.7. The van der Waals surface area contributed by atoms with Crippen LogP contribution in [0.25, 0.3) is 0 Å². The molecule has 1 heterocycles. The molecule has 0 bridgehead atoms. The number of hydrogen-bond acceptors (Lipinski definition) is 6. The van der Waals surface area contributed by atoms with Crippen molar-refractivity contribution < 1.29 is 23.5 Å². The van der Waals surface area contributed by atoms with Gasteiger partial charge in [-0.3, -0.25) is 0 Å². The minimum Gasteiger partial charge on any atom is -0.467 e. The lowest BCUT2D eigenvalue weighted by atomic mass is 9.77. The van der Waals surface area contributed by atoms with Gasteiger partial charge in [0.2, 0.25) is 0 Å². The molecule has 0 saturated carbocycles. The summed E-state index contributed by atoms with van der Waals surface area (Å²) in [6.45, 7) is 8.84. The van der Waals surface area contributed by atoms with Gasteiger partial charge in [0.05, 0.1) is 30.0 Å². The van der Waals surface area contributed by atoms with Crippen LogP contribution in [0.5, 0.6) is 5.75 Å². The maximum Gasteiger partial charge on any atom is 0.498 e. The quantitative estimate of drug-likeness (QED) is 0.431. The molecule has 1 saturated heterocycles.